The monoisotopic (exact) mass is 400 g/mol. The maximum atomic E-state index is 13.5. The number of carbonyl (C=O) groups is 1. The molecule has 0 amide bonds. The van der Waals surface area contributed by atoms with Crippen molar-refractivity contribution in [3.8, 4) is 16.9 Å². The van der Waals surface area contributed by atoms with Crippen molar-refractivity contribution in [1.29, 1.82) is 0 Å². The van der Waals surface area contributed by atoms with Crippen molar-refractivity contribution in [1.82, 2.24) is 9.55 Å². The van der Waals surface area contributed by atoms with E-state index in [4.69, 9.17) is 4.74 Å². The number of aryl methyl sites for hydroxylation is 1. The number of methoxy groups -OCH3 is 1. The minimum absolute atomic E-state index is 0.0931. The number of carboxylic acid groups (broad SMARTS) is 1. The number of carboxylic acids is 1. The molecule has 3 aromatic rings. The summed E-state index contributed by atoms with van der Waals surface area (Å²) >= 11 is 1.39. The molecule has 1 N–H and O–H groups in total. The Hall–Kier alpha value is -2.67. The number of ether oxygens (including phenoxy) is 1. The SMILES string of the molecule is COc1ccc(-c2csc3nc(C(C)C)n(C(C)(C)C(=O)O)c(=O)c23)cc1C. The molecule has 3 rings (SSSR count). The number of thiophene rings is 1. The van der Waals surface area contributed by atoms with Crippen LogP contribution in [0.5, 0.6) is 5.75 Å². The van der Waals surface area contributed by atoms with Gasteiger partial charge in [0.25, 0.3) is 5.56 Å². The standard InChI is InChI=1S/C21H24N2O4S/c1-11(2)17-22-18-16(19(24)23(17)21(4,5)20(25)26)14(10-28-18)13-7-8-15(27-6)12(3)9-13/h7-11H,1-6H3,(H,25,26). The third kappa shape index (κ3) is 3.09. The molecule has 0 atom stereocenters. The molecule has 0 unspecified atom stereocenters. The molecule has 1 aromatic carbocycles. The minimum atomic E-state index is -1.41. The molecule has 2 aromatic heterocycles. The average molecular weight is 401 g/mol. The molecule has 2 heterocycles. The van der Waals surface area contributed by atoms with Gasteiger partial charge in [0.15, 0.2) is 0 Å². The van der Waals surface area contributed by atoms with Crippen LogP contribution in [0.3, 0.4) is 0 Å². The van der Waals surface area contributed by atoms with Crippen molar-refractivity contribution in [2.45, 2.75) is 46.1 Å². The Bertz CT molecular complexity index is 1130. The summed E-state index contributed by atoms with van der Waals surface area (Å²) in [5, 5.41) is 12.1. The zero-order valence-electron chi connectivity index (χ0n) is 16.9. The fourth-order valence-corrected chi connectivity index (χ4v) is 4.23. The fraction of sp³-hybridized carbons (Fsp3) is 0.381. The predicted molar refractivity (Wildman–Crippen MR) is 112 cm³/mol. The van der Waals surface area contributed by atoms with E-state index in [1.54, 1.807) is 7.11 Å². The van der Waals surface area contributed by atoms with E-state index in [0.717, 1.165) is 22.4 Å². The summed E-state index contributed by atoms with van der Waals surface area (Å²) in [4.78, 5) is 30.7. The van der Waals surface area contributed by atoms with Crippen molar-refractivity contribution in [3.05, 3.63) is 45.3 Å². The lowest BCUT2D eigenvalue weighted by molar-refractivity contribution is -0.146. The molecule has 0 aliphatic carbocycles. The molecular weight excluding hydrogens is 376 g/mol. The summed E-state index contributed by atoms with van der Waals surface area (Å²) in [6, 6.07) is 5.72. The van der Waals surface area contributed by atoms with E-state index in [9.17, 15) is 14.7 Å². The highest BCUT2D eigenvalue weighted by atomic mass is 32.1. The van der Waals surface area contributed by atoms with Gasteiger partial charge in [0.05, 0.1) is 12.5 Å². The van der Waals surface area contributed by atoms with Crippen LogP contribution in [0.2, 0.25) is 0 Å². The molecule has 0 spiro atoms. The van der Waals surface area contributed by atoms with E-state index in [1.807, 2.05) is 44.4 Å². The van der Waals surface area contributed by atoms with Gasteiger partial charge in [0.2, 0.25) is 0 Å². The van der Waals surface area contributed by atoms with Crippen LogP contribution in [0, 0.1) is 6.92 Å². The van der Waals surface area contributed by atoms with Gasteiger partial charge in [-0.25, -0.2) is 9.78 Å². The Kier molecular flexibility index (Phi) is 5.06. The van der Waals surface area contributed by atoms with Gasteiger partial charge in [-0.3, -0.25) is 9.36 Å². The smallest absolute Gasteiger partial charge is 0.329 e. The zero-order chi connectivity index (χ0) is 20.8. The van der Waals surface area contributed by atoms with Crippen molar-refractivity contribution in [3.63, 3.8) is 0 Å². The first-order valence-corrected chi connectivity index (χ1v) is 9.90. The Morgan fingerprint density at radius 2 is 2.00 bits per heavy atom. The van der Waals surface area contributed by atoms with Crippen LogP contribution in [0.15, 0.2) is 28.4 Å². The second-order valence-electron chi connectivity index (χ2n) is 7.64. The molecule has 0 bridgehead atoms. The van der Waals surface area contributed by atoms with Crippen LogP contribution < -0.4 is 10.3 Å². The normalized spacial score (nSPS) is 12.0. The molecule has 7 heteroatoms. The number of benzene rings is 1. The molecule has 148 valence electrons. The lowest BCUT2D eigenvalue weighted by atomic mass is 10.0. The van der Waals surface area contributed by atoms with Crippen LogP contribution in [0.4, 0.5) is 0 Å². The predicted octanol–water partition coefficient (Wildman–Crippen LogP) is 4.39. The summed E-state index contributed by atoms with van der Waals surface area (Å²) in [5.41, 5.74) is 0.851. The first kappa shape index (κ1) is 20.1. The van der Waals surface area contributed by atoms with Gasteiger partial charge in [-0.15, -0.1) is 11.3 Å². The van der Waals surface area contributed by atoms with Gasteiger partial charge in [-0.1, -0.05) is 19.9 Å². The number of rotatable bonds is 5. The largest absolute Gasteiger partial charge is 0.496 e. The number of fused-ring (bicyclic) bond motifs is 1. The molecule has 28 heavy (non-hydrogen) atoms. The van der Waals surface area contributed by atoms with Crippen LogP contribution in [-0.2, 0) is 10.3 Å². The summed E-state index contributed by atoms with van der Waals surface area (Å²) in [5.74, 6) is 0.0800. The third-order valence-corrected chi connectivity index (χ3v) is 5.81. The van der Waals surface area contributed by atoms with Gasteiger partial charge < -0.3 is 9.84 Å². The van der Waals surface area contributed by atoms with Crippen LogP contribution in [-0.4, -0.2) is 27.7 Å². The molecule has 6 nitrogen and oxygen atoms in total. The summed E-state index contributed by atoms with van der Waals surface area (Å²) in [6.45, 7) is 8.81. The van der Waals surface area contributed by atoms with E-state index >= 15 is 0 Å². The fourth-order valence-electron chi connectivity index (χ4n) is 3.29. The maximum absolute atomic E-state index is 13.5. The van der Waals surface area contributed by atoms with Gasteiger partial charge in [-0.2, -0.15) is 0 Å². The van der Waals surface area contributed by atoms with E-state index in [0.29, 0.717) is 16.0 Å². The lowest BCUT2D eigenvalue weighted by Crippen LogP contribution is -2.45. The van der Waals surface area contributed by atoms with E-state index in [-0.39, 0.29) is 11.5 Å². The topological polar surface area (TPSA) is 81.4 Å². The highest BCUT2D eigenvalue weighted by Gasteiger charge is 2.35. The zero-order valence-corrected chi connectivity index (χ0v) is 17.7. The summed E-state index contributed by atoms with van der Waals surface area (Å²) < 4.78 is 6.65. The summed E-state index contributed by atoms with van der Waals surface area (Å²) in [6.07, 6.45) is 0. The Labute approximate surface area is 167 Å². The first-order chi connectivity index (χ1) is 13.1. The molecule has 0 aliphatic rings. The maximum Gasteiger partial charge on any atom is 0.329 e. The third-order valence-electron chi connectivity index (χ3n) is 4.94. The van der Waals surface area contributed by atoms with Crippen LogP contribution in [0.1, 0.15) is 45.0 Å². The molecule has 0 aliphatic heterocycles. The van der Waals surface area contributed by atoms with E-state index in [1.165, 1.54) is 29.8 Å². The molecule has 0 fully saturated rings. The Balaban J connectivity index is 2.37. The number of hydrogen-bond acceptors (Lipinski definition) is 5. The van der Waals surface area contributed by atoms with Gasteiger partial charge in [0.1, 0.15) is 21.9 Å². The minimum Gasteiger partial charge on any atom is -0.496 e. The van der Waals surface area contributed by atoms with E-state index in [2.05, 4.69) is 4.98 Å². The Morgan fingerprint density at radius 1 is 1.32 bits per heavy atom. The number of nitrogens with zero attached hydrogens (tertiary/aromatic N) is 2. The Morgan fingerprint density at radius 3 is 2.54 bits per heavy atom. The summed E-state index contributed by atoms with van der Waals surface area (Å²) in [7, 11) is 1.62. The van der Waals surface area contributed by atoms with Crippen molar-refractivity contribution in [2.75, 3.05) is 7.11 Å². The van der Waals surface area contributed by atoms with Crippen molar-refractivity contribution >= 4 is 27.5 Å². The van der Waals surface area contributed by atoms with Crippen molar-refractivity contribution in [2.24, 2.45) is 0 Å². The average Bonchev–Trinajstić information content (AvgIpc) is 3.05. The molecule has 0 saturated carbocycles. The van der Waals surface area contributed by atoms with Gasteiger partial charge in [0, 0.05) is 16.9 Å². The van der Waals surface area contributed by atoms with Crippen molar-refractivity contribution < 1.29 is 14.6 Å². The molecular formula is C21H24N2O4S. The highest BCUT2D eigenvalue weighted by molar-refractivity contribution is 7.17. The number of aromatic nitrogens is 2. The lowest BCUT2D eigenvalue weighted by Gasteiger charge is -2.27. The number of hydrogen-bond donors (Lipinski definition) is 1. The highest BCUT2D eigenvalue weighted by Crippen LogP contribution is 2.35. The quantitative estimate of drug-likeness (QED) is 0.687. The first-order valence-electron chi connectivity index (χ1n) is 9.02. The van der Waals surface area contributed by atoms with Crippen LogP contribution >= 0.6 is 11.3 Å². The van der Waals surface area contributed by atoms with Gasteiger partial charge in [-0.05, 0) is 44.0 Å². The van der Waals surface area contributed by atoms with Gasteiger partial charge >= 0.3 is 5.97 Å². The second kappa shape index (κ2) is 7.05. The van der Waals surface area contributed by atoms with E-state index < -0.39 is 11.5 Å². The molecule has 0 saturated heterocycles. The number of aliphatic carboxylic acids is 1. The second-order valence-corrected chi connectivity index (χ2v) is 8.50. The van der Waals surface area contributed by atoms with Crippen LogP contribution in [0.25, 0.3) is 21.3 Å². The molecule has 0 radical (unpaired) electrons.